The minimum atomic E-state index is -0.810. The van der Waals surface area contributed by atoms with Gasteiger partial charge in [0.1, 0.15) is 5.75 Å². The quantitative estimate of drug-likeness (QED) is 0.743. The molecular formula is C11H12BrClO2. The second-order valence-corrected chi connectivity index (χ2v) is 4.80. The number of ether oxygens (including phenoxy) is 1. The predicted octanol–water partition coefficient (Wildman–Crippen LogP) is 4.62. The van der Waals surface area contributed by atoms with Crippen LogP contribution in [0.25, 0.3) is 0 Å². The Kier molecular flexibility index (Phi) is 4.17. The zero-order chi connectivity index (χ0) is 11.6. The molecule has 82 valence electrons. The average molecular weight is 292 g/mol. The molecule has 0 aromatic heterocycles. The van der Waals surface area contributed by atoms with E-state index in [4.69, 9.17) is 16.3 Å². The van der Waals surface area contributed by atoms with Crippen LogP contribution in [0.15, 0.2) is 16.6 Å². The standard InChI is InChI=1S/C11H12BrClO2/c1-6(2)8-5-10(15-11(13)14)7(3)4-9(8)12/h4-6H,1-3H3. The van der Waals surface area contributed by atoms with Crippen molar-refractivity contribution in [3.8, 4) is 5.75 Å². The van der Waals surface area contributed by atoms with Crippen LogP contribution >= 0.6 is 27.5 Å². The maximum Gasteiger partial charge on any atom is 0.409 e. The number of hydrogen-bond donors (Lipinski definition) is 0. The number of halogens is 2. The summed E-state index contributed by atoms with van der Waals surface area (Å²) in [6.45, 7) is 6.01. The first kappa shape index (κ1) is 12.5. The molecule has 4 heteroatoms. The summed E-state index contributed by atoms with van der Waals surface area (Å²) in [5.41, 5.74) is 1.16. The van der Waals surface area contributed by atoms with Gasteiger partial charge in [-0.1, -0.05) is 29.8 Å². The van der Waals surface area contributed by atoms with Gasteiger partial charge < -0.3 is 4.74 Å². The molecule has 0 fully saturated rings. The molecule has 0 N–H and O–H groups in total. The smallest absolute Gasteiger partial charge is 0.409 e. The molecule has 0 radical (unpaired) electrons. The highest BCUT2D eigenvalue weighted by atomic mass is 79.9. The minimum Gasteiger partial charge on any atom is -0.414 e. The Morgan fingerprint density at radius 1 is 1.47 bits per heavy atom. The molecule has 2 nitrogen and oxygen atoms in total. The van der Waals surface area contributed by atoms with Gasteiger partial charge in [-0.25, -0.2) is 4.79 Å². The molecule has 1 aromatic carbocycles. The lowest BCUT2D eigenvalue weighted by Gasteiger charge is -2.12. The molecule has 0 unspecified atom stereocenters. The van der Waals surface area contributed by atoms with Gasteiger partial charge in [-0.3, -0.25) is 0 Å². The third-order valence-electron chi connectivity index (χ3n) is 2.11. The normalized spacial score (nSPS) is 10.5. The van der Waals surface area contributed by atoms with Crippen LogP contribution in [0.3, 0.4) is 0 Å². The van der Waals surface area contributed by atoms with E-state index >= 15 is 0 Å². The lowest BCUT2D eigenvalue weighted by molar-refractivity contribution is 0.225. The molecule has 0 aliphatic heterocycles. The van der Waals surface area contributed by atoms with E-state index in [0.29, 0.717) is 11.7 Å². The third-order valence-corrected chi connectivity index (χ3v) is 2.87. The van der Waals surface area contributed by atoms with E-state index in [1.165, 1.54) is 0 Å². The SMILES string of the molecule is Cc1cc(Br)c(C(C)C)cc1OC(=O)Cl. The highest BCUT2D eigenvalue weighted by Crippen LogP contribution is 2.31. The first-order chi connectivity index (χ1) is 6.91. The number of rotatable bonds is 2. The second kappa shape index (κ2) is 4.99. The summed E-state index contributed by atoms with van der Waals surface area (Å²) < 4.78 is 5.91. The maximum absolute atomic E-state index is 10.7. The number of carbonyl (C=O) groups is 1. The molecule has 0 saturated carbocycles. The lowest BCUT2D eigenvalue weighted by Crippen LogP contribution is -2.00. The van der Waals surface area contributed by atoms with E-state index in [1.54, 1.807) is 0 Å². The topological polar surface area (TPSA) is 26.3 Å². The van der Waals surface area contributed by atoms with E-state index in [2.05, 4.69) is 29.8 Å². The van der Waals surface area contributed by atoms with Crippen molar-refractivity contribution < 1.29 is 9.53 Å². The molecule has 0 saturated heterocycles. The van der Waals surface area contributed by atoms with Crippen LogP contribution in [0.5, 0.6) is 5.75 Å². The van der Waals surface area contributed by atoms with Gasteiger partial charge >= 0.3 is 5.43 Å². The Bertz CT molecular complexity index is 388. The molecule has 0 amide bonds. The Morgan fingerprint density at radius 3 is 2.53 bits per heavy atom. The molecule has 1 aromatic rings. The van der Waals surface area contributed by atoms with E-state index in [9.17, 15) is 4.79 Å². The van der Waals surface area contributed by atoms with Gasteiger partial charge in [0.05, 0.1) is 0 Å². The first-order valence-corrected chi connectivity index (χ1v) is 5.76. The highest BCUT2D eigenvalue weighted by Gasteiger charge is 2.11. The summed E-state index contributed by atoms with van der Waals surface area (Å²) in [4.78, 5) is 10.7. The van der Waals surface area contributed by atoms with Gasteiger partial charge in [-0.05, 0) is 36.1 Å². The Balaban J connectivity index is 3.17. The highest BCUT2D eigenvalue weighted by molar-refractivity contribution is 9.10. The van der Waals surface area contributed by atoms with Crippen LogP contribution < -0.4 is 4.74 Å². The van der Waals surface area contributed by atoms with Crippen molar-refractivity contribution in [2.75, 3.05) is 0 Å². The number of carbonyl (C=O) groups excluding carboxylic acids is 1. The summed E-state index contributed by atoms with van der Waals surface area (Å²) in [5, 5.41) is 0. The number of aryl methyl sites for hydroxylation is 1. The van der Waals surface area contributed by atoms with Crippen LogP contribution in [0.2, 0.25) is 0 Å². The van der Waals surface area contributed by atoms with Crippen LogP contribution in [-0.2, 0) is 0 Å². The second-order valence-electron chi connectivity index (χ2n) is 3.63. The van der Waals surface area contributed by atoms with E-state index < -0.39 is 5.43 Å². The Morgan fingerprint density at radius 2 is 2.07 bits per heavy atom. The van der Waals surface area contributed by atoms with Crippen molar-refractivity contribution in [1.29, 1.82) is 0 Å². The Labute approximate surface area is 103 Å². The summed E-state index contributed by atoms with van der Waals surface area (Å²) >= 11 is 8.66. The van der Waals surface area contributed by atoms with Gasteiger partial charge in [0.25, 0.3) is 0 Å². The van der Waals surface area contributed by atoms with E-state index in [-0.39, 0.29) is 0 Å². The van der Waals surface area contributed by atoms with Crippen LogP contribution in [0.4, 0.5) is 4.79 Å². The van der Waals surface area contributed by atoms with Crippen molar-refractivity contribution in [3.05, 3.63) is 27.7 Å². The fraction of sp³-hybridized carbons (Fsp3) is 0.364. The third kappa shape index (κ3) is 3.21. The summed E-state index contributed by atoms with van der Waals surface area (Å²) in [7, 11) is 0. The molecule has 0 spiro atoms. The predicted molar refractivity (Wildman–Crippen MR) is 64.8 cm³/mol. The van der Waals surface area contributed by atoms with E-state index in [0.717, 1.165) is 15.6 Å². The van der Waals surface area contributed by atoms with Crippen LogP contribution in [-0.4, -0.2) is 5.43 Å². The molecule has 15 heavy (non-hydrogen) atoms. The van der Waals surface area contributed by atoms with Crippen molar-refractivity contribution in [2.45, 2.75) is 26.7 Å². The summed E-state index contributed by atoms with van der Waals surface area (Å²) in [5.74, 6) is 0.870. The summed E-state index contributed by atoms with van der Waals surface area (Å²) in [6, 6.07) is 3.76. The monoisotopic (exact) mass is 290 g/mol. The van der Waals surface area contributed by atoms with Gasteiger partial charge in [0.15, 0.2) is 0 Å². The van der Waals surface area contributed by atoms with Crippen LogP contribution in [0.1, 0.15) is 30.9 Å². The van der Waals surface area contributed by atoms with Gasteiger partial charge in [0.2, 0.25) is 0 Å². The summed E-state index contributed by atoms with van der Waals surface area (Å²) in [6.07, 6.45) is 0. The zero-order valence-corrected chi connectivity index (χ0v) is 11.1. The van der Waals surface area contributed by atoms with Crippen molar-refractivity contribution in [3.63, 3.8) is 0 Å². The Hall–Kier alpha value is -0.540. The molecule has 0 aliphatic rings. The lowest BCUT2D eigenvalue weighted by atomic mass is 10.0. The van der Waals surface area contributed by atoms with Crippen molar-refractivity contribution >= 4 is 33.0 Å². The molecule has 0 heterocycles. The van der Waals surface area contributed by atoms with E-state index in [1.807, 2.05) is 19.1 Å². The fourth-order valence-electron chi connectivity index (χ4n) is 1.31. The molecule has 1 rings (SSSR count). The number of hydrogen-bond acceptors (Lipinski definition) is 2. The first-order valence-electron chi connectivity index (χ1n) is 4.59. The minimum absolute atomic E-state index is 0.354. The van der Waals surface area contributed by atoms with Gasteiger partial charge in [0, 0.05) is 16.1 Å². The number of benzene rings is 1. The molecule has 0 aliphatic carbocycles. The fourth-order valence-corrected chi connectivity index (χ4v) is 2.31. The molecule has 0 bridgehead atoms. The van der Waals surface area contributed by atoms with Crippen molar-refractivity contribution in [1.82, 2.24) is 0 Å². The van der Waals surface area contributed by atoms with Gasteiger partial charge in [-0.2, -0.15) is 0 Å². The molecular weight excluding hydrogens is 279 g/mol. The van der Waals surface area contributed by atoms with Gasteiger partial charge in [-0.15, -0.1) is 0 Å². The largest absolute Gasteiger partial charge is 0.414 e. The molecule has 0 atom stereocenters. The average Bonchev–Trinajstić information content (AvgIpc) is 2.08. The maximum atomic E-state index is 10.7. The van der Waals surface area contributed by atoms with Crippen LogP contribution in [0, 0.1) is 6.92 Å². The zero-order valence-electron chi connectivity index (χ0n) is 8.80. The van der Waals surface area contributed by atoms with Crippen molar-refractivity contribution in [2.24, 2.45) is 0 Å².